The van der Waals surface area contributed by atoms with Gasteiger partial charge in [-0.1, -0.05) is 12.1 Å². The van der Waals surface area contributed by atoms with Crippen molar-refractivity contribution in [2.45, 2.75) is 20.4 Å². The van der Waals surface area contributed by atoms with E-state index in [0.717, 1.165) is 16.8 Å². The second-order valence-electron chi connectivity index (χ2n) is 5.46. The van der Waals surface area contributed by atoms with Crippen LogP contribution in [0.1, 0.15) is 18.1 Å². The molecule has 0 bridgehead atoms. The van der Waals surface area contributed by atoms with E-state index in [4.69, 9.17) is 19.9 Å². The van der Waals surface area contributed by atoms with Crippen LogP contribution in [-0.4, -0.2) is 26.8 Å². The molecule has 6 heteroatoms. The topological polar surface area (TPSA) is 78.1 Å². The van der Waals surface area contributed by atoms with Crippen LogP contribution < -0.4 is 25.3 Å². The van der Waals surface area contributed by atoms with Crippen molar-refractivity contribution in [2.24, 2.45) is 10.7 Å². The number of aryl methyl sites for hydroxylation is 1. The number of aliphatic imine (C=N–C) groups is 1. The SMILES string of the molecule is CCOc1c(OC)cc(CN=C(N)Nc2cccc(C)c2)cc1OC. The van der Waals surface area contributed by atoms with Crippen LogP contribution in [0.15, 0.2) is 41.4 Å². The second-order valence-corrected chi connectivity index (χ2v) is 5.46. The lowest BCUT2D eigenvalue weighted by Gasteiger charge is -2.15. The van der Waals surface area contributed by atoms with Gasteiger partial charge in [-0.15, -0.1) is 0 Å². The molecule has 0 atom stereocenters. The van der Waals surface area contributed by atoms with E-state index in [1.165, 1.54) is 0 Å². The van der Waals surface area contributed by atoms with Crippen molar-refractivity contribution in [3.05, 3.63) is 47.5 Å². The highest BCUT2D eigenvalue weighted by Gasteiger charge is 2.13. The van der Waals surface area contributed by atoms with E-state index in [1.807, 2.05) is 50.2 Å². The van der Waals surface area contributed by atoms with E-state index in [2.05, 4.69) is 10.3 Å². The summed E-state index contributed by atoms with van der Waals surface area (Å²) in [6.45, 7) is 4.85. The molecule has 134 valence electrons. The number of hydrogen-bond donors (Lipinski definition) is 2. The van der Waals surface area contributed by atoms with Crippen molar-refractivity contribution in [3.63, 3.8) is 0 Å². The van der Waals surface area contributed by atoms with Gasteiger partial charge in [0.05, 0.1) is 27.4 Å². The minimum Gasteiger partial charge on any atom is -0.493 e. The summed E-state index contributed by atoms with van der Waals surface area (Å²) in [4.78, 5) is 4.38. The number of anilines is 1. The summed E-state index contributed by atoms with van der Waals surface area (Å²) < 4.78 is 16.4. The molecule has 3 N–H and O–H groups in total. The van der Waals surface area contributed by atoms with Crippen LogP contribution in [0.4, 0.5) is 5.69 Å². The third kappa shape index (κ3) is 5.04. The lowest BCUT2D eigenvalue weighted by molar-refractivity contribution is 0.288. The molecule has 0 aromatic heterocycles. The van der Waals surface area contributed by atoms with Crippen LogP contribution in [0.25, 0.3) is 0 Å². The largest absolute Gasteiger partial charge is 0.493 e. The molecule has 0 spiro atoms. The molecule has 0 saturated carbocycles. The third-order valence-electron chi connectivity index (χ3n) is 3.53. The predicted molar refractivity (Wildman–Crippen MR) is 101 cm³/mol. The number of guanidine groups is 1. The number of hydrogen-bond acceptors (Lipinski definition) is 4. The first-order chi connectivity index (χ1) is 12.1. The van der Waals surface area contributed by atoms with Crippen LogP contribution in [0, 0.1) is 6.92 Å². The number of nitrogens with zero attached hydrogens (tertiary/aromatic N) is 1. The van der Waals surface area contributed by atoms with Crippen molar-refractivity contribution >= 4 is 11.6 Å². The molecule has 2 aromatic carbocycles. The van der Waals surface area contributed by atoms with Gasteiger partial charge in [0, 0.05) is 5.69 Å². The molecule has 0 saturated heterocycles. The fraction of sp³-hybridized carbons (Fsp3) is 0.316. The first-order valence-electron chi connectivity index (χ1n) is 8.08. The Morgan fingerprint density at radius 3 is 2.36 bits per heavy atom. The van der Waals surface area contributed by atoms with Crippen molar-refractivity contribution in [1.82, 2.24) is 0 Å². The lowest BCUT2D eigenvalue weighted by atomic mass is 10.2. The smallest absolute Gasteiger partial charge is 0.203 e. The Morgan fingerprint density at radius 2 is 1.80 bits per heavy atom. The van der Waals surface area contributed by atoms with E-state index in [9.17, 15) is 0 Å². The molecule has 2 aromatic rings. The average Bonchev–Trinajstić information content (AvgIpc) is 2.60. The van der Waals surface area contributed by atoms with Gasteiger partial charge >= 0.3 is 0 Å². The molecule has 0 unspecified atom stereocenters. The molecular formula is C19H25N3O3. The zero-order valence-corrected chi connectivity index (χ0v) is 15.1. The summed E-state index contributed by atoms with van der Waals surface area (Å²) in [5.41, 5.74) is 8.94. The molecule has 0 heterocycles. The minimum atomic E-state index is 0.345. The van der Waals surface area contributed by atoms with E-state index in [1.54, 1.807) is 14.2 Å². The summed E-state index contributed by atoms with van der Waals surface area (Å²) in [6, 6.07) is 11.7. The zero-order chi connectivity index (χ0) is 18.2. The molecule has 0 aliphatic heterocycles. The van der Waals surface area contributed by atoms with Gasteiger partial charge in [0.15, 0.2) is 17.5 Å². The van der Waals surface area contributed by atoms with Crippen molar-refractivity contribution < 1.29 is 14.2 Å². The maximum atomic E-state index is 5.97. The number of nitrogens with one attached hydrogen (secondary N) is 1. The number of benzene rings is 2. The fourth-order valence-electron chi connectivity index (χ4n) is 2.40. The van der Waals surface area contributed by atoms with E-state index >= 15 is 0 Å². The first kappa shape index (κ1) is 18.4. The zero-order valence-electron chi connectivity index (χ0n) is 15.1. The molecular weight excluding hydrogens is 318 g/mol. The van der Waals surface area contributed by atoms with Gasteiger partial charge in [0.1, 0.15) is 0 Å². The maximum absolute atomic E-state index is 5.97. The number of nitrogens with two attached hydrogens (primary N) is 1. The van der Waals surface area contributed by atoms with Crippen LogP contribution in [0.2, 0.25) is 0 Å². The highest BCUT2D eigenvalue weighted by molar-refractivity contribution is 5.92. The van der Waals surface area contributed by atoms with Gasteiger partial charge in [-0.25, -0.2) is 4.99 Å². The molecule has 0 amide bonds. The predicted octanol–water partition coefficient (Wildman–Crippen LogP) is 3.34. The van der Waals surface area contributed by atoms with Gasteiger partial charge < -0.3 is 25.3 Å². The lowest BCUT2D eigenvalue weighted by Crippen LogP contribution is -2.22. The van der Waals surface area contributed by atoms with E-state index in [-0.39, 0.29) is 0 Å². The molecule has 0 radical (unpaired) electrons. The maximum Gasteiger partial charge on any atom is 0.203 e. The minimum absolute atomic E-state index is 0.345. The third-order valence-corrected chi connectivity index (χ3v) is 3.53. The standard InChI is InChI=1S/C19H25N3O3/c1-5-25-18-16(23-3)10-14(11-17(18)24-4)12-21-19(20)22-15-8-6-7-13(2)9-15/h6-11H,5,12H2,1-4H3,(H3,20,21,22). The molecule has 2 rings (SSSR count). The van der Waals surface area contributed by atoms with Crippen molar-refractivity contribution in [2.75, 3.05) is 26.1 Å². The summed E-state index contributed by atoms with van der Waals surface area (Å²) >= 11 is 0. The number of methoxy groups -OCH3 is 2. The van der Waals surface area contributed by atoms with Gasteiger partial charge in [-0.05, 0) is 49.2 Å². The van der Waals surface area contributed by atoms with Crippen molar-refractivity contribution in [1.29, 1.82) is 0 Å². The van der Waals surface area contributed by atoms with Crippen LogP contribution in [0.3, 0.4) is 0 Å². The fourth-order valence-corrected chi connectivity index (χ4v) is 2.40. The van der Waals surface area contributed by atoms with Gasteiger partial charge in [0.2, 0.25) is 5.75 Å². The Kier molecular flexibility index (Phi) is 6.51. The molecule has 6 nitrogen and oxygen atoms in total. The summed E-state index contributed by atoms with van der Waals surface area (Å²) in [5.74, 6) is 2.15. The Balaban J connectivity index is 2.16. The monoisotopic (exact) mass is 343 g/mol. The molecule has 0 aliphatic rings. The summed E-state index contributed by atoms with van der Waals surface area (Å²) in [7, 11) is 3.19. The molecule has 0 fully saturated rings. The Hall–Kier alpha value is -2.89. The van der Waals surface area contributed by atoms with E-state index < -0.39 is 0 Å². The molecule has 25 heavy (non-hydrogen) atoms. The van der Waals surface area contributed by atoms with Gasteiger partial charge in [-0.2, -0.15) is 0 Å². The van der Waals surface area contributed by atoms with Crippen LogP contribution in [0.5, 0.6) is 17.2 Å². The Morgan fingerprint density at radius 1 is 1.12 bits per heavy atom. The highest BCUT2D eigenvalue weighted by Crippen LogP contribution is 2.38. The second kappa shape index (κ2) is 8.82. The first-order valence-corrected chi connectivity index (χ1v) is 8.08. The number of ether oxygens (including phenoxy) is 3. The highest BCUT2D eigenvalue weighted by atomic mass is 16.5. The summed E-state index contributed by atoms with van der Waals surface area (Å²) in [6.07, 6.45) is 0. The van der Waals surface area contributed by atoms with Crippen LogP contribution in [-0.2, 0) is 6.54 Å². The van der Waals surface area contributed by atoms with Gasteiger partial charge in [-0.3, -0.25) is 0 Å². The quantitative estimate of drug-likeness (QED) is 0.595. The van der Waals surface area contributed by atoms with Crippen molar-refractivity contribution in [3.8, 4) is 17.2 Å². The molecule has 0 aliphatic carbocycles. The number of rotatable bonds is 7. The van der Waals surface area contributed by atoms with Crippen LogP contribution >= 0.6 is 0 Å². The average molecular weight is 343 g/mol. The van der Waals surface area contributed by atoms with E-state index in [0.29, 0.717) is 36.4 Å². The normalized spacial score (nSPS) is 11.1. The van der Waals surface area contributed by atoms with Gasteiger partial charge in [0.25, 0.3) is 0 Å². The Bertz CT molecular complexity index is 719. The summed E-state index contributed by atoms with van der Waals surface area (Å²) in [5, 5.41) is 3.08. The Labute approximate surface area is 148 Å².